The van der Waals surface area contributed by atoms with E-state index in [2.05, 4.69) is 25.0 Å². The molecule has 0 unspecified atom stereocenters. The number of anilines is 1. The van der Waals surface area contributed by atoms with Crippen molar-refractivity contribution in [3.8, 4) is 11.5 Å². The van der Waals surface area contributed by atoms with Crippen LogP contribution in [0.2, 0.25) is 0 Å². The van der Waals surface area contributed by atoms with Crippen molar-refractivity contribution in [2.45, 2.75) is 0 Å². The molecule has 0 radical (unpaired) electrons. The fourth-order valence-corrected chi connectivity index (χ4v) is 3.21. The Bertz CT molecular complexity index is 860. The molecule has 1 saturated heterocycles. The SMILES string of the molecule is COc1ccccc1OCCN1CCN(c2ccnc3nncn23)CC1. The molecule has 0 aliphatic carbocycles. The summed E-state index contributed by atoms with van der Waals surface area (Å²) in [6.07, 6.45) is 3.50. The van der Waals surface area contributed by atoms with Gasteiger partial charge in [0, 0.05) is 38.9 Å². The van der Waals surface area contributed by atoms with Crippen LogP contribution in [0.4, 0.5) is 5.82 Å². The summed E-state index contributed by atoms with van der Waals surface area (Å²) < 4.78 is 13.1. The van der Waals surface area contributed by atoms with E-state index in [1.165, 1.54) is 0 Å². The molecule has 4 rings (SSSR count). The number of methoxy groups -OCH3 is 1. The molecule has 136 valence electrons. The van der Waals surface area contributed by atoms with Crippen molar-refractivity contribution in [2.24, 2.45) is 0 Å². The maximum absolute atomic E-state index is 5.88. The molecule has 26 heavy (non-hydrogen) atoms. The number of para-hydroxylation sites is 2. The number of rotatable bonds is 6. The largest absolute Gasteiger partial charge is 0.493 e. The highest BCUT2D eigenvalue weighted by atomic mass is 16.5. The van der Waals surface area contributed by atoms with Gasteiger partial charge in [0.2, 0.25) is 0 Å². The molecule has 0 N–H and O–H groups in total. The third-order valence-corrected chi connectivity index (χ3v) is 4.62. The zero-order valence-electron chi connectivity index (χ0n) is 14.8. The molecule has 0 bridgehead atoms. The van der Waals surface area contributed by atoms with Crippen LogP contribution in [0.15, 0.2) is 42.9 Å². The standard InChI is InChI=1S/C18H22N6O2/c1-25-15-4-2-3-5-16(15)26-13-12-22-8-10-23(11-9-22)17-6-7-19-18-21-20-14-24(17)18/h2-7,14H,8-13H2,1H3. The van der Waals surface area contributed by atoms with Crippen molar-refractivity contribution in [3.05, 3.63) is 42.9 Å². The molecule has 0 atom stereocenters. The summed E-state index contributed by atoms with van der Waals surface area (Å²) in [4.78, 5) is 8.98. The molecule has 0 spiro atoms. The maximum atomic E-state index is 5.88. The van der Waals surface area contributed by atoms with E-state index >= 15 is 0 Å². The maximum Gasteiger partial charge on any atom is 0.256 e. The van der Waals surface area contributed by atoms with Crippen LogP contribution in [0.25, 0.3) is 5.78 Å². The quantitative estimate of drug-likeness (QED) is 0.661. The van der Waals surface area contributed by atoms with Gasteiger partial charge in [-0.3, -0.25) is 9.30 Å². The first-order chi connectivity index (χ1) is 12.8. The first-order valence-corrected chi connectivity index (χ1v) is 8.73. The fraction of sp³-hybridized carbons (Fsp3) is 0.389. The molecule has 0 amide bonds. The van der Waals surface area contributed by atoms with Crippen LogP contribution in [0.3, 0.4) is 0 Å². The lowest BCUT2D eigenvalue weighted by Crippen LogP contribution is -2.48. The summed E-state index contributed by atoms with van der Waals surface area (Å²) in [5.41, 5.74) is 0. The lowest BCUT2D eigenvalue weighted by atomic mass is 10.3. The highest BCUT2D eigenvalue weighted by molar-refractivity contribution is 5.46. The van der Waals surface area contributed by atoms with Crippen molar-refractivity contribution in [2.75, 3.05) is 51.3 Å². The average molecular weight is 354 g/mol. The van der Waals surface area contributed by atoms with Crippen molar-refractivity contribution in [1.82, 2.24) is 24.5 Å². The number of piperazine rings is 1. The molecule has 1 aliphatic rings. The Morgan fingerprint density at radius 3 is 2.65 bits per heavy atom. The van der Waals surface area contributed by atoms with Gasteiger partial charge in [-0.25, -0.2) is 4.98 Å². The number of benzene rings is 1. The molecular weight excluding hydrogens is 332 g/mol. The van der Waals surface area contributed by atoms with Crippen LogP contribution in [0, 0.1) is 0 Å². The summed E-state index contributed by atoms with van der Waals surface area (Å²) in [6, 6.07) is 9.75. The van der Waals surface area contributed by atoms with E-state index in [0.29, 0.717) is 12.4 Å². The van der Waals surface area contributed by atoms with E-state index in [-0.39, 0.29) is 0 Å². The molecule has 1 fully saturated rings. The molecule has 1 aliphatic heterocycles. The first-order valence-electron chi connectivity index (χ1n) is 8.73. The number of aromatic nitrogens is 4. The Hall–Kier alpha value is -2.87. The Kier molecular flexibility index (Phi) is 4.83. The van der Waals surface area contributed by atoms with Crippen LogP contribution in [-0.4, -0.2) is 70.9 Å². The summed E-state index contributed by atoms with van der Waals surface area (Å²) in [5, 5.41) is 7.95. The van der Waals surface area contributed by atoms with E-state index in [9.17, 15) is 0 Å². The van der Waals surface area contributed by atoms with E-state index in [1.807, 2.05) is 34.7 Å². The second kappa shape index (κ2) is 7.57. The summed E-state index contributed by atoms with van der Waals surface area (Å²) >= 11 is 0. The molecular formula is C18H22N6O2. The topological polar surface area (TPSA) is 68.0 Å². The Morgan fingerprint density at radius 1 is 1.04 bits per heavy atom. The highest BCUT2D eigenvalue weighted by Crippen LogP contribution is 2.25. The third kappa shape index (κ3) is 3.41. The molecule has 2 aromatic heterocycles. The lowest BCUT2D eigenvalue weighted by molar-refractivity contribution is 0.196. The minimum atomic E-state index is 0.634. The van der Waals surface area contributed by atoms with Gasteiger partial charge in [0.25, 0.3) is 5.78 Å². The lowest BCUT2D eigenvalue weighted by Gasteiger charge is -2.35. The predicted octanol–water partition coefficient (Wildman–Crippen LogP) is 1.33. The third-order valence-electron chi connectivity index (χ3n) is 4.62. The number of hydrogen-bond acceptors (Lipinski definition) is 7. The monoisotopic (exact) mass is 354 g/mol. The van der Waals surface area contributed by atoms with Gasteiger partial charge in [-0.1, -0.05) is 12.1 Å². The van der Waals surface area contributed by atoms with Crippen molar-refractivity contribution in [3.63, 3.8) is 0 Å². The highest BCUT2D eigenvalue weighted by Gasteiger charge is 2.19. The van der Waals surface area contributed by atoms with E-state index in [0.717, 1.165) is 50.0 Å². The summed E-state index contributed by atoms with van der Waals surface area (Å²) in [5.74, 6) is 3.29. The molecule has 3 heterocycles. The minimum Gasteiger partial charge on any atom is -0.493 e. The molecule has 8 nitrogen and oxygen atoms in total. The van der Waals surface area contributed by atoms with Gasteiger partial charge in [-0.15, -0.1) is 10.2 Å². The molecule has 1 aromatic carbocycles. The zero-order chi connectivity index (χ0) is 17.8. The van der Waals surface area contributed by atoms with Crippen LogP contribution in [0.5, 0.6) is 11.5 Å². The minimum absolute atomic E-state index is 0.634. The van der Waals surface area contributed by atoms with Gasteiger partial charge in [0.05, 0.1) is 7.11 Å². The van der Waals surface area contributed by atoms with Crippen LogP contribution < -0.4 is 14.4 Å². The van der Waals surface area contributed by atoms with Crippen molar-refractivity contribution < 1.29 is 9.47 Å². The summed E-state index contributed by atoms with van der Waals surface area (Å²) in [7, 11) is 1.66. The zero-order valence-corrected chi connectivity index (χ0v) is 14.8. The van der Waals surface area contributed by atoms with Crippen molar-refractivity contribution in [1.29, 1.82) is 0 Å². The van der Waals surface area contributed by atoms with E-state index < -0.39 is 0 Å². The number of nitrogens with zero attached hydrogens (tertiary/aromatic N) is 6. The number of fused-ring (bicyclic) bond motifs is 1. The van der Waals surface area contributed by atoms with E-state index in [4.69, 9.17) is 9.47 Å². The smallest absolute Gasteiger partial charge is 0.256 e. The van der Waals surface area contributed by atoms with Gasteiger partial charge >= 0.3 is 0 Å². The van der Waals surface area contributed by atoms with Crippen molar-refractivity contribution >= 4 is 11.6 Å². The van der Waals surface area contributed by atoms with Gasteiger partial charge in [-0.05, 0) is 18.2 Å². The average Bonchev–Trinajstić information content (AvgIpc) is 3.18. The van der Waals surface area contributed by atoms with Gasteiger partial charge in [0.15, 0.2) is 11.5 Å². The normalized spacial score (nSPS) is 15.3. The van der Waals surface area contributed by atoms with Crippen LogP contribution in [-0.2, 0) is 0 Å². The second-order valence-electron chi connectivity index (χ2n) is 6.13. The van der Waals surface area contributed by atoms with Crippen LogP contribution >= 0.6 is 0 Å². The Labute approximate surface area is 152 Å². The predicted molar refractivity (Wildman–Crippen MR) is 97.9 cm³/mol. The second-order valence-corrected chi connectivity index (χ2v) is 6.13. The first kappa shape index (κ1) is 16.6. The number of ether oxygens (including phenoxy) is 2. The molecule has 0 saturated carbocycles. The molecule has 8 heteroatoms. The fourth-order valence-electron chi connectivity index (χ4n) is 3.21. The van der Waals surface area contributed by atoms with Gasteiger partial charge < -0.3 is 14.4 Å². The molecule has 3 aromatic rings. The Balaban J connectivity index is 1.29. The van der Waals surface area contributed by atoms with Crippen LogP contribution in [0.1, 0.15) is 0 Å². The number of hydrogen-bond donors (Lipinski definition) is 0. The van der Waals surface area contributed by atoms with Gasteiger partial charge in [-0.2, -0.15) is 0 Å². The van der Waals surface area contributed by atoms with E-state index in [1.54, 1.807) is 19.6 Å². The van der Waals surface area contributed by atoms with Gasteiger partial charge in [0.1, 0.15) is 18.8 Å². The summed E-state index contributed by atoms with van der Waals surface area (Å²) in [6.45, 7) is 5.41. The Morgan fingerprint density at radius 2 is 1.85 bits per heavy atom.